The van der Waals surface area contributed by atoms with Crippen LogP contribution in [-0.4, -0.2) is 11.5 Å². The Labute approximate surface area is 121 Å². The predicted octanol–water partition coefficient (Wildman–Crippen LogP) is 3.56. The van der Waals surface area contributed by atoms with Crippen LogP contribution in [0.25, 0.3) is 11.1 Å². The second-order valence-electron chi connectivity index (χ2n) is 4.79. The number of rotatable bonds is 2. The van der Waals surface area contributed by atoms with Crippen LogP contribution in [0.5, 0.6) is 0 Å². The summed E-state index contributed by atoms with van der Waals surface area (Å²) in [5.41, 5.74) is 3.99. The van der Waals surface area contributed by atoms with Gasteiger partial charge in [-0.1, -0.05) is 29.8 Å². The van der Waals surface area contributed by atoms with E-state index in [0.717, 1.165) is 35.2 Å². The molecule has 5 heteroatoms. The molecule has 2 aromatic rings. The van der Waals surface area contributed by atoms with Crippen LogP contribution in [-0.2, 0) is 13.0 Å². The second-order valence-corrected chi connectivity index (χ2v) is 5.20. The van der Waals surface area contributed by atoms with E-state index in [0.29, 0.717) is 11.6 Å². The Kier molecular flexibility index (Phi) is 3.42. The summed E-state index contributed by atoms with van der Waals surface area (Å²) in [5.74, 6) is 0. The molecule has 0 radical (unpaired) electrons. The summed E-state index contributed by atoms with van der Waals surface area (Å²) in [6.45, 7) is 1.54. The van der Waals surface area contributed by atoms with Crippen molar-refractivity contribution in [3.05, 3.63) is 62.7 Å². The molecule has 2 aromatic carbocycles. The standard InChI is InChI=1S/C15H13ClN2O2/c16-15-4-2-1-3-13(15)14-8-11(18(19)20)7-10-9-17-6-5-12(10)14/h1-4,7-8,17H,5-6,9H2. The Morgan fingerprint density at radius 2 is 2.00 bits per heavy atom. The zero-order valence-electron chi connectivity index (χ0n) is 10.7. The van der Waals surface area contributed by atoms with Gasteiger partial charge in [-0.2, -0.15) is 0 Å². The Hall–Kier alpha value is -1.91. The Balaban J connectivity index is 2.25. The van der Waals surface area contributed by atoms with Gasteiger partial charge in [0.1, 0.15) is 0 Å². The minimum atomic E-state index is -0.352. The lowest BCUT2D eigenvalue weighted by Gasteiger charge is -2.21. The zero-order chi connectivity index (χ0) is 14.1. The molecule has 3 rings (SSSR count). The number of benzene rings is 2. The summed E-state index contributed by atoms with van der Waals surface area (Å²) in [4.78, 5) is 10.8. The number of nitro benzene ring substituents is 1. The van der Waals surface area contributed by atoms with Gasteiger partial charge in [0.25, 0.3) is 5.69 Å². The average Bonchev–Trinajstić information content (AvgIpc) is 2.46. The van der Waals surface area contributed by atoms with Gasteiger partial charge in [-0.25, -0.2) is 0 Å². The molecule has 0 bridgehead atoms. The maximum atomic E-state index is 11.1. The van der Waals surface area contributed by atoms with E-state index in [4.69, 9.17) is 11.6 Å². The van der Waals surface area contributed by atoms with Gasteiger partial charge in [0.05, 0.1) is 4.92 Å². The van der Waals surface area contributed by atoms with Crippen LogP contribution in [0.4, 0.5) is 5.69 Å². The Morgan fingerprint density at radius 1 is 1.20 bits per heavy atom. The fraction of sp³-hybridized carbons (Fsp3) is 0.200. The molecule has 0 saturated carbocycles. The minimum Gasteiger partial charge on any atom is -0.312 e. The lowest BCUT2D eigenvalue weighted by molar-refractivity contribution is -0.384. The maximum Gasteiger partial charge on any atom is 0.270 e. The number of nitrogens with zero attached hydrogens (tertiary/aromatic N) is 1. The lowest BCUT2D eigenvalue weighted by atomic mass is 9.90. The zero-order valence-corrected chi connectivity index (χ0v) is 11.5. The van der Waals surface area contributed by atoms with E-state index in [1.807, 2.05) is 24.3 Å². The molecular weight excluding hydrogens is 276 g/mol. The highest BCUT2D eigenvalue weighted by atomic mass is 35.5. The van der Waals surface area contributed by atoms with Gasteiger partial charge < -0.3 is 5.32 Å². The summed E-state index contributed by atoms with van der Waals surface area (Å²) in [7, 11) is 0. The van der Waals surface area contributed by atoms with E-state index in [1.54, 1.807) is 12.1 Å². The third-order valence-electron chi connectivity index (χ3n) is 3.57. The van der Waals surface area contributed by atoms with E-state index >= 15 is 0 Å². The van der Waals surface area contributed by atoms with Gasteiger partial charge >= 0.3 is 0 Å². The highest BCUT2D eigenvalue weighted by Crippen LogP contribution is 2.36. The first kappa shape index (κ1) is 13.1. The molecule has 0 aromatic heterocycles. The summed E-state index contributed by atoms with van der Waals surface area (Å²) >= 11 is 6.25. The molecule has 0 saturated heterocycles. The minimum absolute atomic E-state index is 0.113. The lowest BCUT2D eigenvalue weighted by Crippen LogP contribution is -2.24. The van der Waals surface area contributed by atoms with Gasteiger partial charge in [0.2, 0.25) is 0 Å². The third-order valence-corrected chi connectivity index (χ3v) is 3.90. The van der Waals surface area contributed by atoms with Gasteiger partial charge in [-0.3, -0.25) is 10.1 Å². The van der Waals surface area contributed by atoms with Crippen molar-refractivity contribution in [2.24, 2.45) is 0 Å². The monoisotopic (exact) mass is 288 g/mol. The maximum absolute atomic E-state index is 11.1. The molecule has 0 unspecified atom stereocenters. The number of fused-ring (bicyclic) bond motifs is 1. The number of halogens is 1. The van der Waals surface area contributed by atoms with Crippen LogP contribution in [0.15, 0.2) is 36.4 Å². The third kappa shape index (κ3) is 2.28. The highest BCUT2D eigenvalue weighted by molar-refractivity contribution is 6.33. The molecule has 0 spiro atoms. The van der Waals surface area contributed by atoms with Crippen molar-refractivity contribution in [3.8, 4) is 11.1 Å². The number of non-ortho nitro benzene ring substituents is 1. The number of nitrogens with one attached hydrogen (secondary N) is 1. The first-order valence-electron chi connectivity index (χ1n) is 6.42. The number of hydrogen-bond acceptors (Lipinski definition) is 3. The fourth-order valence-electron chi connectivity index (χ4n) is 2.63. The first-order chi connectivity index (χ1) is 9.66. The van der Waals surface area contributed by atoms with E-state index in [2.05, 4.69) is 5.32 Å². The van der Waals surface area contributed by atoms with Crippen LogP contribution in [0.2, 0.25) is 5.02 Å². The molecule has 20 heavy (non-hydrogen) atoms. The molecule has 1 heterocycles. The van der Waals surface area contributed by atoms with Gasteiger partial charge in [-0.05, 0) is 35.7 Å². The quantitative estimate of drug-likeness (QED) is 0.679. The summed E-state index contributed by atoms with van der Waals surface area (Å²) in [6, 6.07) is 10.8. The molecule has 1 aliphatic heterocycles. The highest BCUT2D eigenvalue weighted by Gasteiger charge is 2.20. The van der Waals surface area contributed by atoms with Crippen molar-refractivity contribution in [3.63, 3.8) is 0 Å². The van der Waals surface area contributed by atoms with Crippen molar-refractivity contribution in [1.82, 2.24) is 5.32 Å². The van der Waals surface area contributed by atoms with Gasteiger partial charge in [-0.15, -0.1) is 0 Å². The molecule has 4 nitrogen and oxygen atoms in total. The Morgan fingerprint density at radius 3 is 2.75 bits per heavy atom. The smallest absolute Gasteiger partial charge is 0.270 e. The van der Waals surface area contributed by atoms with Crippen LogP contribution in [0, 0.1) is 10.1 Å². The van der Waals surface area contributed by atoms with E-state index in [9.17, 15) is 10.1 Å². The van der Waals surface area contributed by atoms with Crippen molar-refractivity contribution in [1.29, 1.82) is 0 Å². The van der Waals surface area contributed by atoms with Crippen LogP contribution in [0.3, 0.4) is 0 Å². The van der Waals surface area contributed by atoms with Gasteiger partial charge in [0.15, 0.2) is 0 Å². The molecule has 1 N–H and O–H groups in total. The van der Waals surface area contributed by atoms with Crippen LogP contribution < -0.4 is 5.32 Å². The molecule has 0 fully saturated rings. The van der Waals surface area contributed by atoms with Crippen LogP contribution in [0.1, 0.15) is 11.1 Å². The van der Waals surface area contributed by atoms with E-state index in [1.165, 1.54) is 0 Å². The van der Waals surface area contributed by atoms with E-state index in [-0.39, 0.29) is 10.6 Å². The predicted molar refractivity (Wildman–Crippen MR) is 79.0 cm³/mol. The largest absolute Gasteiger partial charge is 0.312 e. The number of hydrogen-bond donors (Lipinski definition) is 1. The van der Waals surface area contributed by atoms with Crippen molar-refractivity contribution in [2.45, 2.75) is 13.0 Å². The topological polar surface area (TPSA) is 55.2 Å². The molecule has 0 atom stereocenters. The molecular formula is C15H13ClN2O2. The normalized spacial score (nSPS) is 13.8. The van der Waals surface area contributed by atoms with Crippen LogP contribution >= 0.6 is 11.6 Å². The van der Waals surface area contributed by atoms with E-state index < -0.39 is 0 Å². The Bertz CT molecular complexity index is 686. The summed E-state index contributed by atoms with van der Waals surface area (Å²) in [6.07, 6.45) is 0.855. The first-order valence-corrected chi connectivity index (χ1v) is 6.80. The summed E-state index contributed by atoms with van der Waals surface area (Å²) in [5, 5.41) is 15.0. The van der Waals surface area contributed by atoms with Crippen molar-refractivity contribution >= 4 is 17.3 Å². The second kappa shape index (κ2) is 5.23. The molecule has 1 aliphatic rings. The fourth-order valence-corrected chi connectivity index (χ4v) is 2.87. The SMILES string of the molecule is O=[N+]([O-])c1cc2c(c(-c3ccccc3Cl)c1)CCNC2. The molecule has 0 aliphatic carbocycles. The summed E-state index contributed by atoms with van der Waals surface area (Å²) < 4.78 is 0. The molecule has 0 amide bonds. The van der Waals surface area contributed by atoms with Crippen molar-refractivity contribution < 1.29 is 4.92 Å². The molecule has 102 valence electrons. The van der Waals surface area contributed by atoms with Crippen molar-refractivity contribution in [2.75, 3.05) is 6.54 Å². The van der Waals surface area contributed by atoms with Gasteiger partial charge in [0, 0.05) is 29.3 Å². The number of nitro groups is 1. The average molecular weight is 289 g/mol.